The van der Waals surface area contributed by atoms with E-state index in [4.69, 9.17) is 5.26 Å². The zero-order valence-corrected chi connectivity index (χ0v) is 8.99. The average molecular weight is 236 g/mol. The SMILES string of the molecule is COC(=O)c1ccc(F)cc1NC(=O)CC#N. The van der Waals surface area contributed by atoms with E-state index >= 15 is 0 Å². The van der Waals surface area contributed by atoms with Crippen molar-refractivity contribution in [3.05, 3.63) is 29.6 Å². The molecule has 88 valence electrons. The summed E-state index contributed by atoms with van der Waals surface area (Å²) in [6.45, 7) is 0. The molecule has 1 amide bonds. The van der Waals surface area contributed by atoms with Gasteiger partial charge < -0.3 is 10.1 Å². The fourth-order valence-corrected chi connectivity index (χ4v) is 1.17. The van der Waals surface area contributed by atoms with Crippen LogP contribution in [0.15, 0.2) is 18.2 Å². The third kappa shape index (κ3) is 3.28. The van der Waals surface area contributed by atoms with Crippen molar-refractivity contribution < 1.29 is 18.7 Å². The minimum atomic E-state index is -0.697. The first-order valence-corrected chi connectivity index (χ1v) is 4.63. The second kappa shape index (κ2) is 5.61. The number of nitriles is 1. The zero-order chi connectivity index (χ0) is 12.8. The zero-order valence-electron chi connectivity index (χ0n) is 8.99. The molecule has 0 aliphatic rings. The highest BCUT2D eigenvalue weighted by molar-refractivity contribution is 6.01. The first-order chi connectivity index (χ1) is 8.08. The number of halogens is 1. The lowest BCUT2D eigenvalue weighted by atomic mass is 10.1. The number of ether oxygens (including phenoxy) is 1. The van der Waals surface area contributed by atoms with Gasteiger partial charge in [0.05, 0.1) is 24.4 Å². The summed E-state index contributed by atoms with van der Waals surface area (Å²) in [5.74, 6) is -1.93. The van der Waals surface area contributed by atoms with E-state index in [-0.39, 0.29) is 17.7 Å². The van der Waals surface area contributed by atoms with Gasteiger partial charge in [0.25, 0.3) is 0 Å². The smallest absolute Gasteiger partial charge is 0.339 e. The van der Waals surface area contributed by atoms with Crippen molar-refractivity contribution in [1.29, 1.82) is 5.26 Å². The summed E-state index contributed by atoms with van der Waals surface area (Å²) in [5, 5.41) is 10.6. The lowest BCUT2D eigenvalue weighted by molar-refractivity contribution is -0.115. The Hall–Kier alpha value is -2.42. The van der Waals surface area contributed by atoms with Gasteiger partial charge in [-0.1, -0.05) is 0 Å². The van der Waals surface area contributed by atoms with Crippen LogP contribution in [-0.2, 0) is 9.53 Å². The fourth-order valence-electron chi connectivity index (χ4n) is 1.17. The van der Waals surface area contributed by atoms with E-state index in [1.165, 1.54) is 13.2 Å². The predicted octanol–water partition coefficient (Wildman–Crippen LogP) is 1.46. The Balaban J connectivity index is 3.04. The summed E-state index contributed by atoms with van der Waals surface area (Å²) in [5.41, 5.74) is 0.0114. The number of hydrogen-bond donors (Lipinski definition) is 1. The largest absolute Gasteiger partial charge is 0.465 e. The van der Waals surface area contributed by atoms with Crippen molar-refractivity contribution in [1.82, 2.24) is 0 Å². The van der Waals surface area contributed by atoms with Crippen LogP contribution >= 0.6 is 0 Å². The van der Waals surface area contributed by atoms with Gasteiger partial charge in [0.2, 0.25) is 5.91 Å². The van der Waals surface area contributed by atoms with Gasteiger partial charge in [-0.05, 0) is 18.2 Å². The highest BCUT2D eigenvalue weighted by Gasteiger charge is 2.14. The average Bonchev–Trinajstić information content (AvgIpc) is 2.28. The number of amides is 1. The molecule has 0 heterocycles. The van der Waals surface area contributed by atoms with Crippen LogP contribution in [0.5, 0.6) is 0 Å². The number of carbonyl (C=O) groups is 2. The maximum Gasteiger partial charge on any atom is 0.339 e. The molecule has 5 nitrogen and oxygen atoms in total. The molecule has 0 aromatic heterocycles. The molecule has 6 heteroatoms. The maximum atomic E-state index is 13.0. The first kappa shape index (κ1) is 12.6. The van der Waals surface area contributed by atoms with Gasteiger partial charge in [-0.25, -0.2) is 9.18 Å². The summed E-state index contributed by atoms with van der Waals surface area (Å²) < 4.78 is 17.5. The Labute approximate surface area is 96.8 Å². The molecule has 1 rings (SSSR count). The summed E-state index contributed by atoms with van der Waals surface area (Å²) in [4.78, 5) is 22.5. The standard InChI is InChI=1S/C11H9FN2O3/c1-17-11(16)8-3-2-7(12)6-9(8)14-10(15)4-5-13/h2-3,6H,4H2,1H3,(H,14,15). The summed E-state index contributed by atoms with van der Waals surface area (Å²) in [7, 11) is 1.17. The van der Waals surface area contributed by atoms with E-state index < -0.39 is 17.7 Å². The molecule has 0 spiro atoms. The third-order valence-electron chi connectivity index (χ3n) is 1.90. The van der Waals surface area contributed by atoms with E-state index in [1.54, 1.807) is 6.07 Å². The highest BCUT2D eigenvalue weighted by Crippen LogP contribution is 2.18. The van der Waals surface area contributed by atoms with Crippen molar-refractivity contribution in [2.24, 2.45) is 0 Å². The number of esters is 1. The van der Waals surface area contributed by atoms with Crippen LogP contribution in [0, 0.1) is 17.1 Å². The van der Waals surface area contributed by atoms with Gasteiger partial charge in [-0.3, -0.25) is 4.79 Å². The Kier molecular flexibility index (Phi) is 4.17. The van der Waals surface area contributed by atoms with Crippen molar-refractivity contribution in [2.45, 2.75) is 6.42 Å². The van der Waals surface area contributed by atoms with Crippen LogP contribution in [0.3, 0.4) is 0 Å². The number of nitrogens with zero attached hydrogens (tertiary/aromatic N) is 1. The number of methoxy groups -OCH3 is 1. The molecule has 1 aromatic rings. The molecule has 0 fully saturated rings. The molecule has 0 aliphatic carbocycles. The summed E-state index contributed by atoms with van der Waals surface area (Å²) in [6, 6.07) is 4.90. The minimum absolute atomic E-state index is 0.0166. The number of carbonyl (C=O) groups excluding carboxylic acids is 2. The van der Waals surface area contributed by atoms with Gasteiger partial charge in [0.15, 0.2) is 0 Å². The number of anilines is 1. The topological polar surface area (TPSA) is 79.2 Å². The van der Waals surface area contributed by atoms with Crippen LogP contribution in [0.25, 0.3) is 0 Å². The second-order valence-electron chi connectivity index (χ2n) is 3.06. The Bertz CT molecular complexity index is 494. The molecule has 0 atom stereocenters. The molecule has 0 bridgehead atoms. The molecule has 0 unspecified atom stereocenters. The van der Waals surface area contributed by atoms with Crippen molar-refractivity contribution in [3.63, 3.8) is 0 Å². The monoisotopic (exact) mass is 236 g/mol. The Morgan fingerprint density at radius 2 is 2.24 bits per heavy atom. The predicted molar refractivity (Wildman–Crippen MR) is 56.6 cm³/mol. The molecule has 17 heavy (non-hydrogen) atoms. The molecular formula is C11H9FN2O3. The summed E-state index contributed by atoms with van der Waals surface area (Å²) in [6.07, 6.45) is -0.378. The van der Waals surface area contributed by atoms with Gasteiger partial charge in [-0.2, -0.15) is 5.26 Å². The van der Waals surface area contributed by atoms with E-state index in [1.807, 2.05) is 0 Å². The van der Waals surface area contributed by atoms with Crippen molar-refractivity contribution in [2.75, 3.05) is 12.4 Å². The van der Waals surface area contributed by atoms with Crippen LogP contribution < -0.4 is 5.32 Å². The van der Waals surface area contributed by atoms with Crippen LogP contribution in [0.1, 0.15) is 16.8 Å². The Morgan fingerprint density at radius 3 is 2.82 bits per heavy atom. The maximum absolute atomic E-state index is 13.0. The molecule has 1 N–H and O–H groups in total. The molecule has 0 radical (unpaired) electrons. The van der Waals surface area contributed by atoms with E-state index in [0.29, 0.717) is 0 Å². The minimum Gasteiger partial charge on any atom is -0.465 e. The number of hydrogen-bond acceptors (Lipinski definition) is 4. The number of benzene rings is 1. The van der Waals surface area contributed by atoms with Gasteiger partial charge >= 0.3 is 5.97 Å². The van der Waals surface area contributed by atoms with Crippen molar-refractivity contribution in [3.8, 4) is 6.07 Å². The molecular weight excluding hydrogens is 227 g/mol. The number of nitrogens with one attached hydrogen (secondary N) is 1. The molecule has 1 aromatic carbocycles. The molecule has 0 aliphatic heterocycles. The van der Waals surface area contributed by atoms with E-state index in [9.17, 15) is 14.0 Å². The number of rotatable bonds is 3. The molecule has 0 saturated carbocycles. The van der Waals surface area contributed by atoms with Crippen LogP contribution in [0.2, 0.25) is 0 Å². The second-order valence-corrected chi connectivity index (χ2v) is 3.06. The van der Waals surface area contributed by atoms with E-state index in [2.05, 4.69) is 10.1 Å². The summed E-state index contributed by atoms with van der Waals surface area (Å²) >= 11 is 0. The lowest BCUT2D eigenvalue weighted by Crippen LogP contribution is -2.14. The molecule has 0 saturated heterocycles. The van der Waals surface area contributed by atoms with Crippen molar-refractivity contribution >= 4 is 17.6 Å². The van der Waals surface area contributed by atoms with Gasteiger partial charge in [0.1, 0.15) is 12.2 Å². The third-order valence-corrected chi connectivity index (χ3v) is 1.90. The normalized spacial score (nSPS) is 9.24. The van der Waals surface area contributed by atoms with Crippen LogP contribution in [-0.4, -0.2) is 19.0 Å². The first-order valence-electron chi connectivity index (χ1n) is 4.63. The van der Waals surface area contributed by atoms with Gasteiger partial charge in [0, 0.05) is 0 Å². The van der Waals surface area contributed by atoms with Crippen LogP contribution in [0.4, 0.5) is 10.1 Å². The Morgan fingerprint density at radius 1 is 1.53 bits per heavy atom. The highest BCUT2D eigenvalue weighted by atomic mass is 19.1. The lowest BCUT2D eigenvalue weighted by Gasteiger charge is -2.08. The quantitative estimate of drug-likeness (QED) is 0.806. The van der Waals surface area contributed by atoms with Gasteiger partial charge in [-0.15, -0.1) is 0 Å². The fraction of sp³-hybridized carbons (Fsp3) is 0.182. The van der Waals surface area contributed by atoms with E-state index in [0.717, 1.165) is 12.1 Å².